The summed E-state index contributed by atoms with van der Waals surface area (Å²) in [5.41, 5.74) is 4.56. The van der Waals surface area contributed by atoms with Gasteiger partial charge in [0.2, 0.25) is 0 Å². The molecule has 1 aliphatic carbocycles. The third-order valence-corrected chi connectivity index (χ3v) is 3.49. The lowest BCUT2D eigenvalue weighted by Crippen LogP contribution is -2.31. The van der Waals surface area contributed by atoms with Gasteiger partial charge < -0.3 is 5.32 Å². The molecule has 1 saturated carbocycles. The molecule has 74 valence electrons. The second kappa shape index (κ2) is 3.09. The molecule has 1 unspecified atom stereocenters. The lowest BCUT2D eigenvalue weighted by atomic mass is 9.90. The van der Waals surface area contributed by atoms with Crippen LogP contribution >= 0.6 is 0 Å². The van der Waals surface area contributed by atoms with Crippen molar-refractivity contribution in [1.82, 2.24) is 5.32 Å². The van der Waals surface area contributed by atoms with E-state index in [0.29, 0.717) is 6.04 Å². The van der Waals surface area contributed by atoms with Gasteiger partial charge in [0.1, 0.15) is 0 Å². The van der Waals surface area contributed by atoms with Gasteiger partial charge in [0.25, 0.3) is 0 Å². The third kappa shape index (κ3) is 1.36. The lowest BCUT2D eigenvalue weighted by Gasteiger charge is -2.27. The van der Waals surface area contributed by atoms with E-state index in [1.807, 2.05) is 0 Å². The first-order chi connectivity index (χ1) is 6.84. The number of fused-ring (bicyclic) bond motifs is 1. The van der Waals surface area contributed by atoms with Gasteiger partial charge in [-0.15, -0.1) is 0 Å². The summed E-state index contributed by atoms with van der Waals surface area (Å²) >= 11 is 0. The van der Waals surface area contributed by atoms with Crippen LogP contribution < -0.4 is 5.32 Å². The van der Waals surface area contributed by atoms with Crippen molar-refractivity contribution >= 4 is 0 Å². The molecule has 2 aliphatic rings. The number of rotatable bonds is 1. The van der Waals surface area contributed by atoms with E-state index in [-0.39, 0.29) is 0 Å². The molecule has 0 saturated heterocycles. The van der Waals surface area contributed by atoms with Gasteiger partial charge in [0.05, 0.1) is 0 Å². The van der Waals surface area contributed by atoms with E-state index in [1.54, 1.807) is 11.1 Å². The van der Waals surface area contributed by atoms with Crippen LogP contribution in [0.15, 0.2) is 18.2 Å². The van der Waals surface area contributed by atoms with Crippen molar-refractivity contribution in [1.29, 1.82) is 0 Å². The minimum Gasteiger partial charge on any atom is -0.309 e. The molecule has 1 heteroatoms. The molecular weight excluding hydrogens is 170 g/mol. The second-order valence-electron chi connectivity index (χ2n) is 4.72. The van der Waals surface area contributed by atoms with E-state index < -0.39 is 0 Å². The molecule has 14 heavy (non-hydrogen) atoms. The highest BCUT2D eigenvalue weighted by Crippen LogP contribution is 2.43. The average Bonchev–Trinajstić information content (AvgIpc) is 3.00. The summed E-state index contributed by atoms with van der Waals surface area (Å²) in [4.78, 5) is 0. The molecule has 1 nitrogen and oxygen atoms in total. The van der Waals surface area contributed by atoms with E-state index in [0.717, 1.165) is 12.5 Å². The van der Waals surface area contributed by atoms with Crippen molar-refractivity contribution in [2.45, 2.75) is 32.2 Å². The zero-order valence-corrected chi connectivity index (χ0v) is 8.72. The first-order valence-electron chi connectivity index (χ1n) is 5.67. The molecule has 1 N–H and O–H groups in total. The third-order valence-electron chi connectivity index (χ3n) is 3.49. The topological polar surface area (TPSA) is 12.0 Å². The number of aryl methyl sites for hydroxylation is 1. The van der Waals surface area contributed by atoms with Gasteiger partial charge >= 0.3 is 0 Å². The number of nitrogens with one attached hydrogen (secondary N) is 1. The number of hydrogen-bond donors (Lipinski definition) is 1. The summed E-state index contributed by atoms with van der Waals surface area (Å²) in [5.74, 6) is 0.927. The molecule has 1 heterocycles. The van der Waals surface area contributed by atoms with Crippen molar-refractivity contribution in [3.63, 3.8) is 0 Å². The van der Waals surface area contributed by atoms with E-state index in [2.05, 4.69) is 30.4 Å². The smallest absolute Gasteiger partial charge is 0.0351 e. The zero-order chi connectivity index (χ0) is 9.54. The van der Waals surface area contributed by atoms with Crippen LogP contribution in [0.5, 0.6) is 0 Å². The van der Waals surface area contributed by atoms with Crippen molar-refractivity contribution < 1.29 is 0 Å². The first-order valence-corrected chi connectivity index (χ1v) is 5.67. The lowest BCUT2D eigenvalue weighted by molar-refractivity contribution is 0.458. The predicted octanol–water partition coefficient (Wildman–Crippen LogP) is 2.59. The monoisotopic (exact) mass is 187 g/mol. The molecule has 0 bridgehead atoms. The van der Waals surface area contributed by atoms with Crippen molar-refractivity contribution in [2.24, 2.45) is 5.92 Å². The standard InChI is InChI=1S/C13H17N/c1-9-2-3-10-6-7-14-13(11-4-5-11)12(10)8-9/h2-3,8,11,13-14H,4-7H2,1H3. The Morgan fingerprint density at radius 1 is 1.29 bits per heavy atom. The summed E-state index contributed by atoms with van der Waals surface area (Å²) in [5, 5.41) is 3.66. The van der Waals surface area contributed by atoms with Crippen LogP contribution in [0.4, 0.5) is 0 Å². The Kier molecular flexibility index (Phi) is 1.88. The molecule has 1 aliphatic heterocycles. The van der Waals surface area contributed by atoms with Crippen LogP contribution in [-0.4, -0.2) is 6.54 Å². The SMILES string of the molecule is Cc1ccc2c(c1)C(C1CC1)NCC2. The molecule has 0 spiro atoms. The Morgan fingerprint density at radius 3 is 2.93 bits per heavy atom. The van der Waals surface area contributed by atoms with Gasteiger partial charge in [-0.25, -0.2) is 0 Å². The van der Waals surface area contributed by atoms with Crippen molar-refractivity contribution in [2.75, 3.05) is 6.54 Å². The molecular formula is C13H17N. The van der Waals surface area contributed by atoms with Gasteiger partial charge in [-0.1, -0.05) is 23.8 Å². The number of hydrogen-bond acceptors (Lipinski definition) is 1. The van der Waals surface area contributed by atoms with Gasteiger partial charge in [-0.05, 0) is 49.8 Å². The summed E-state index contributed by atoms with van der Waals surface area (Å²) in [6.07, 6.45) is 4.05. The minimum atomic E-state index is 0.665. The van der Waals surface area contributed by atoms with Gasteiger partial charge in [0.15, 0.2) is 0 Å². The van der Waals surface area contributed by atoms with Crippen molar-refractivity contribution in [3.05, 3.63) is 34.9 Å². The Labute approximate surface area is 85.5 Å². The van der Waals surface area contributed by atoms with Crippen LogP contribution in [0.2, 0.25) is 0 Å². The summed E-state index contributed by atoms with van der Waals surface area (Å²) in [7, 11) is 0. The fourth-order valence-electron chi connectivity index (χ4n) is 2.55. The minimum absolute atomic E-state index is 0.665. The highest BCUT2D eigenvalue weighted by Gasteiger charge is 2.34. The van der Waals surface area contributed by atoms with Crippen LogP contribution in [0, 0.1) is 12.8 Å². The van der Waals surface area contributed by atoms with Crippen LogP contribution in [0.3, 0.4) is 0 Å². The van der Waals surface area contributed by atoms with E-state index >= 15 is 0 Å². The van der Waals surface area contributed by atoms with Crippen LogP contribution in [-0.2, 0) is 6.42 Å². The Morgan fingerprint density at radius 2 is 2.14 bits per heavy atom. The van der Waals surface area contributed by atoms with Gasteiger partial charge in [-0.2, -0.15) is 0 Å². The van der Waals surface area contributed by atoms with E-state index in [1.165, 1.54) is 24.8 Å². The second-order valence-corrected chi connectivity index (χ2v) is 4.72. The maximum absolute atomic E-state index is 3.66. The Balaban J connectivity index is 2.02. The summed E-state index contributed by atoms with van der Waals surface area (Å²) in [6, 6.07) is 7.61. The summed E-state index contributed by atoms with van der Waals surface area (Å²) < 4.78 is 0. The average molecular weight is 187 g/mol. The zero-order valence-electron chi connectivity index (χ0n) is 8.72. The normalized spacial score (nSPS) is 25.9. The first kappa shape index (κ1) is 8.49. The van der Waals surface area contributed by atoms with Gasteiger partial charge in [0, 0.05) is 6.04 Å². The summed E-state index contributed by atoms with van der Waals surface area (Å²) in [6.45, 7) is 3.36. The van der Waals surface area contributed by atoms with Crippen LogP contribution in [0.1, 0.15) is 35.6 Å². The fourth-order valence-corrected chi connectivity index (χ4v) is 2.55. The molecule has 1 aromatic rings. The maximum atomic E-state index is 3.66. The molecule has 0 radical (unpaired) electrons. The quantitative estimate of drug-likeness (QED) is 0.712. The maximum Gasteiger partial charge on any atom is 0.0351 e. The highest BCUT2D eigenvalue weighted by molar-refractivity contribution is 5.36. The number of benzene rings is 1. The molecule has 3 rings (SSSR count). The fraction of sp³-hybridized carbons (Fsp3) is 0.538. The Hall–Kier alpha value is -0.820. The molecule has 0 amide bonds. The predicted molar refractivity (Wildman–Crippen MR) is 58.4 cm³/mol. The molecule has 1 aromatic carbocycles. The Bertz CT molecular complexity index is 352. The highest BCUT2D eigenvalue weighted by atomic mass is 14.9. The largest absolute Gasteiger partial charge is 0.309 e. The van der Waals surface area contributed by atoms with Gasteiger partial charge in [-0.3, -0.25) is 0 Å². The molecule has 1 atom stereocenters. The molecule has 0 aromatic heterocycles. The van der Waals surface area contributed by atoms with Crippen molar-refractivity contribution in [3.8, 4) is 0 Å². The molecule has 1 fully saturated rings. The van der Waals surface area contributed by atoms with E-state index in [9.17, 15) is 0 Å². The van der Waals surface area contributed by atoms with E-state index in [4.69, 9.17) is 0 Å². The van der Waals surface area contributed by atoms with Crippen LogP contribution in [0.25, 0.3) is 0 Å².